The molecule has 2 amide bonds. The number of hydrogen-bond acceptors (Lipinski definition) is 3. The van der Waals surface area contributed by atoms with Crippen LogP contribution in [0.1, 0.15) is 110 Å². The van der Waals surface area contributed by atoms with Gasteiger partial charge in [-0.1, -0.05) is 96.5 Å². The summed E-state index contributed by atoms with van der Waals surface area (Å²) in [6.07, 6.45) is 20.7. The summed E-state index contributed by atoms with van der Waals surface area (Å²) in [5.41, 5.74) is 1.25. The lowest BCUT2D eigenvalue weighted by Gasteiger charge is -2.13. The van der Waals surface area contributed by atoms with Crippen LogP contribution in [0.2, 0.25) is 0 Å². The first-order valence-corrected chi connectivity index (χ1v) is 12.2. The summed E-state index contributed by atoms with van der Waals surface area (Å²) in [6.45, 7) is 4.03. The van der Waals surface area contributed by atoms with Gasteiger partial charge in [0.25, 0.3) is 11.8 Å². The van der Waals surface area contributed by atoms with E-state index in [4.69, 9.17) is 0 Å². The normalized spacial score (nSPS) is 14.3. The molecule has 30 heavy (non-hydrogen) atoms. The van der Waals surface area contributed by atoms with Crippen LogP contribution in [0.5, 0.6) is 0 Å². The molecule has 166 valence electrons. The van der Waals surface area contributed by atoms with Crippen molar-refractivity contribution in [2.45, 2.75) is 110 Å². The molecule has 4 nitrogen and oxygen atoms in total. The summed E-state index contributed by atoms with van der Waals surface area (Å²) in [4.78, 5) is 30.6. The third kappa shape index (κ3) is 7.70. The Balaban J connectivity index is 1.53. The van der Waals surface area contributed by atoms with E-state index in [1.807, 2.05) is 0 Å². The third-order valence-corrected chi connectivity index (χ3v) is 6.10. The van der Waals surface area contributed by atoms with Gasteiger partial charge in [0.05, 0.1) is 0 Å². The van der Waals surface area contributed by atoms with Crippen LogP contribution in [0.3, 0.4) is 0 Å². The van der Waals surface area contributed by atoms with Gasteiger partial charge in [0, 0.05) is 17.3 Å². The van der Waals surface area contributed by atoms with Gasteiger partial charge in [-0.25, -0.2) is 9.88 Å². The molecule has 2 rings (SSSR count). The molecule has 0 N–H and O–H groups in total. The number of aromatic nitrogens is 1. The average Bonchev–Trinajstić information content (AvgIpc) is 2.97. The number of nitrogens with zero attached hydrogens (tertiary/aromatic N) is 2. The molecule has 0 saturated heterocycles. The van der Waals surface area contributed by atoms with Gasteiger partial charge in [-0.05, 0) is 31.9 Å². The van der Waals surface area contributed by atoms with Crippen molar-refractivity contribution < 1.29 is 9.59 Å². The van der Waals surface area contributed by atoms with Crippen molar-refractivity contribution in [1.82, 2.24) is 4.98 Å². The predicted octanol–water partition coefficient (Wildman–Crippen LogP) is 7.14. The predicted molar refractivity (Wildman–Crippen MR) is 124 cm³/mol. The summed E-state index contributed by atoms with van der Waals surface area (Å²) in [5, 5.41) is 0. The lowest BCUT2D eigenvalue weighted by molar-refractivity contribution is -0.120. The summed E-state index contributed by atoms with van der Waals surface area (Å²) < 4.78 is 0. The first-order chi connectivity index (χ1) is 14.7. The molecule has 0 fully saturated rings. The number of rotatable bonds is 16. The van der Waals surface area contributed by atoms with Crippen molar-refractivity contribution in [2.75, 3.05) is 4.90 Å². The van der Waals surface area contributed by atoms with Crippen molar-refractivity contribution in [2.24, 2.45) is 0 Å². The Kier molecular flexibility index (Phi) is 11.4. The molecular weight excluding hydrogens is 372 g/mol. The van der Waals surface area contributed by atoms with E-state index in [1.54, 1.807) is 31.3 Å². The Morgan fingerprint density at radius 3 is 1.77 bits per heavy atom. The van der Waals surface area contributed by atoms with Crippen molar-refractivity contribution in [3.8, 4) is 0 Å². The van der Waals surface area contributed by atoms with Crippen LogP contribution in [0.15, 0.2) is 35.5 Å². The molecule has 1 aromatic heterocycles. The minimum atomic E-state index is -0.223. The number of amides is 2. The Morgan fingerprint density at radius 1 is 0.733 bits per heavy atom. The highest BCUT2D eigenvalue weighted by molar-refractivity contribution is 6.32. The maximum absolute atomic E-state index is 12.7. The summed E-state index contributed by atoms with van der Waals surface area (Å²) in [5.74, 6) is 0.00719. The minimum Gasteiger partial charge on any atom is -0.269 e. The Labute approximate surface area is 183 Å². The largest absolute Gasteiger partial charge is 0.269 e. The Bertz CT molecular complexity index is 682. The van der Waals surface area contributed by atoms with Gasteiger partial charge >= 0.3 is 0 Å². The number of pyridine rings is 1. The SMILES string of the molecule is CCCCCCCCCCCCCCCCC1=C(C)C(=O)N(c2ccccn2)C1=O. The molecule has 0 bridgehead atoms. The molecule has 0 aliphatic carbocycles. The molecule has 0 spiro atoms. The van der Waals surface area contributed by atoms with Gasteiger partial charge in [-0.3, -0.25) is 9.59 Å². The van der Waals surface area contributed by atoms with Crippen LogP contribution in [-0.4, -0.2) is 16.8 Å². The summed E-state index contributed by atoms with van der Waals surface area (Å²) in [6, 6.07) is 5.28. The maximum atomic E-state index is 12.7. The number of anilines is 1. The fourth-order valence-electron chi connectivity index (χ4n) is 4.17. The molecule has 2 heterocycles. The second kappa shape index (κ2) is 14.1. The zero-order valence-corrected chi connectivity index (χ0v) is 19.1. The van der Waals surface area contributed by atoms with Crippen LogP contribution < -0.4 is 4.90 Å². The standard InChI is InChI=1S/C26H40N2O2/c1-3-4-5-6-7-8-9-10-11-12-13-14-15-16-19-23-22(2)25(29)28(26(23)30)24-20-17-18-21-27-24/h17-18,20-21H,3-16,19H2,1-2H3. The van der Waals surface area contributed by atoms with Crippen LogP contribution in [0.25, 0.3) is 0 Å². The van der Waals surface area contributed by atoms with E-state index in [9.17, 15) is 9.59 Å². The van der Waals surface area contributed by atoms with E-state index in [2.05, 4.69) is 11.9 Å². The van der Waals surface area contributed by atoms with E-state index in [-0.39, 0.29) is 11.8 Å². The highest BCUT2D eigenvalue weighted by atomic mass is 16.2. The lowest BCUT2D eigenvalue weighted by atomic mass is 10.0. The second-order valence-corrected chi connectivity index (χ2v) is 8.58. The average molecular weight is 413 g/mol. The fraction of sp³-hybridized carbons (Fsp3) is 0.654. The summed E-state index contributed by atoms with van der Waals surface area (Å²) >= 11 is 0. The molecule has 0 atom stereocenters. The van der Waals surface area contributed by atoms with Crippen molar-refractivity contribution in [3.63, 3.8) is 0 Å². The van der Waals surface area contributed by atoms with Crippen molar-refractivity contribution in [3.05, 3.63) is 35.5 Å². The number of carbonyl (C=O) groups excluding carboxylic acids is 2. The molecule has 4 heteroatoms. The van der Waals surface area contributed by atoms with Gasteiger partial charge in [0.15, 0.2) is 0 Å². The van der Waals surface area contributed by atoms with E-state index in [0.29, 0.717) is 23.4 Å². The van der Waals surface area contributed by atoms with Gasteiger partial charge in [-0.2, -0.15) is 0 Å². The van der Waals surface area contributed by atoms with E-state index in [0.717, 1.165) is 12.8 Å². The molecule has 0 unspecified atom stereocenters. The highest BCUT2D eigenvalue weighted by Crippen LogP contribution is 2.28. The lowest BCUT2D eigenvalue weighted by Crippen LogP contribution is -2.32. The smallest absolute Gasteiger partial charge is 0.262 e. The maximum Gasteiger partial charge on any atom is 0.262 e. The number of hydrogen-bond donors (Lipinski definition) is 0. The number of imide groups is 1. The van der Waals surface area contributed by atoms with Crippen LogP contribution in [0.4, 0.5) is 5.82 Å². The molecule has 0 aromatic carbocycles. The molecule has 0 radical (unpaired) electrons. The van der Waals surface area contributed by atoms with Crippen LogP contribution in [0, 0.1) is 0 Å². The van der Waals surface area contributed by atoms with Crippen molar-refractivity contribution in [1.29, 1.82) is 0 Å². The first kappa shape index (κ1) is 24.3. The molecule has 1 aliphatic rings. The molecule has 1 aliphatic heterocycles. The molecule has 1 aromatic rings. The van der Waals surface area contributed by atoms with Gasteiger partial charge in [0.1, 0.15) is 5.82 Å². The quantitative estimate of drug-likeness (QED) is 0.214. The number of unbranched alkanes of at least 4 members (excludes halogenated alkanes) is 13. The van der Waals surface area contributed by atoms with Crippen LogP contribution in [-0.2, 0) is 9.59 Å². The van der Waals surface area contributed by atoms with Gasteiger partial charge < -0.3 is 0 Å². The Hall–Kier alpha value is -1.97. The molecular formula is C26H40N2O2. The van der Waals surface area contributed by atoms with Crippen molar-refractivity contribution >= 4 is 17.6 Å². The summed E-state index contributed by atoms with van der Waals surface area (Å²) in [7, 11) is 0. The fourth-order valence-corrected chi connectivity index (χ4v) is 4.17. The molecule has 0 saturated carbocycles. The topological polar surface area (TPSA) is 50.3 Å². The van der Waals surface area contributed by atoms with Gasteiger partial charge in [-0.15, -0.1) is 0 Å². The van der Waals surface area contributed by atoms with E-state index >= 15 is 0 Å². The highest BCUT2D eigenvalue weighted by Gasteiger charge is 2.36. The second-order valence-electron chi connectivity index (χ2n) is 8.58. The number of carbonyl (C=O) groups is 2. The third-order valence-electron chi connectivity index (χ3n) is 6.10. The van der Waals surface area contributed by atoms with Crippen LogP contribution >= 0.6 is 0 Å². The van der Waals surface area contributed by atoms with E-state index in [1.165, 1.54) is 81.9 Å². The zero-order chi connectivity index (χ0) is 21.6. The zero-order valence-electron chi connectivity index (χ0n) is 19.1. The van der Waals surface area contributed by atoms with Gasteiger partial charge in [0.2, 0.25) is 0 Å². The van der Waals surface area contributed by atoms with E-state index < -0.39 is 0 Å². The monoisotopic (exact) mass is 412 g/mol. The Morgan fingerprint density at radius 2 is 1.27 bits per heavy atom. The minimum absolute atomic E-state index is 0.189. The first-order valence-electron chi connectivity index (χ1n) is 12.2.